The number of benzene rings is 2. The van der Waals surface area contributed by atoms with Crippen molar-refractivity contribution >= 4 is 27.4 Å². The van der Waals surface area contributed by atoms with Crippen LogP contribution in [0.25, 0.3) is 0 Å². The fourth-order valence-electron chi connectivity index (χ4n) is 6.64. The van der Waals surface area contributed by atoms with Crippen LogP contribution in [0.5, 0.6) is 5.75 Å². The lowest BCUT2D eigenvalue weighted by Gasteiger charge is -2.37. The normalized spacial score (nSPS) is 18.7. The standard InChI is InChI=1S/C36H41F9N4O6S/c1-4-48(19-22-5-6-23(15-32(51)52)31(50)11-22)30-8-7-26(34(37,38)39)14-25(30)20-49(33-46-17-29(18-47-33)55-9-10-56(3,53)54)21(2)24-12-27(35(40,41)42)16-28(13-24)36(43,44)45/h7-8,12-14,16-18,21-23,31,50H,4-6,9-11,15,19-20H2,1-3H3,(H,51,52)/t21-,22+,23-,31+/m0/s1. The van der Waals surface area contributed by atoms with Crippen LogP contribution in [0.3, 0.4) is 0 Å². The molecule has 0 amide bonds. The first-order chi connectivity index (χ1) is 25.9. The number of ether oxygens (including phenoxy) is 1. The molecule has 1 fully saturated rings. The van der Waals surface area contributed by atoms with Gasteiger partial charge in [0, 0.05) is 31.6 Å². The summed E-state index contributed by atoms with van der Waals surface area (Å²) < 4.78 is 154. The van der Waals surface area contributed by atoms with Gasteiger partial charge in [0.05, 0.1) is 53.4 Å². The second kappa shape index (κ2) is 17.4. The Hall–Kier alpha value is -4.33. The number of rotatable bonds is 15. The van der Waals surface area contributed by atoms with E-state index in [1.807, 2.05) is 0 Å². The number of aromatic nitrogens is 2. The number of carboxylic acids is 1. The van der Waals surface area contributed by atoms with Crippen LogP contribution < -0.4 is 14.5 Å². The lowest BCUT2D eigenvalue weighted by Crippen LogP contribution is -2.38. The minimum atomic E-state index is -5.20. The summed E-state index contributed by atoms with van der Waals surface area (Å²) in [4.78, 5) is 22.4. The third kappa shape index (κ3) is 12.1. The Kier molecular flexibility index (Phi) is 13.8. The fourth-order valence-corrected chi connectivity index (χ4v) is 7.02. The van der Waals surface area contributed by atoms with Crippen molar-refractivity contribution in [2.24, 2.45) is 11.8 Å². The predicted molar refractivity (Wildman–Crippen MR) is 187 cm³/mol. The number of alkyl halides is 9. The van der Waals surface area contributed by atoms with Gasteiger partial charge in [-0.25, -0.2) is 18.4 Å². The van der Waals surface area contributed by atoms with E-state index >= 15 is 0 Å². The highest BCUT2D eigenvalue weighted by atomic mass is 32.2. The molecule has 1 aliphatic carbocycles. The van der Waals surface area contributed by atoms with Gasteiger partial charge in [-0.1, -0.05) is 0 Å². The molecule has 0 bridgehead atoms. The number of halogens is 9. The number of sulfone groups is 1. The van der Waals surface area contributed by atoms with Crippen molar-refractivity contribution < 1.29 is 67.7 Å². The number of nitrogens with zero attached hydrogens (tertiary/aromatic N) is 4. The first-order valence-corrected chi connectivity index (χ1v) is 19.4. The van der Waals surface area contributed by atoms with E-state index in [0.29, 0.717) is 25.0 Å². The van der Waals surface area contributed by atoms with E-state index in [4.69, 9.17) is 4.74 Å². The summed E-state index contributed by atoms with van der Waals surface area (Å²) in [6, 6.07) is 2.42. The summed E-state index contributed by atoms with van der Waals surface area (Å²) in [6.07, 6.45) is -12.2. The molecular weight excluding hydrogens is 787 g/mol. The molecular formula is C36H41F9N4O6S. The van der Waals surface area contributed by atoms with Crippen LogP contribution in [0.1, 0.15) is 73.4 Å². The third-order valence-corrected chi connectivity index (χ3v) is 10.5. The molecule has 56 heavy (non-hydrogen) atoms. The highest BCUT2D eigenvalue weighted by molar-refractivity contribution is 7.90. The topological polar surface area (TPSA) is 133 Å². The summed E-state index contributed by atoms with van der Waals surface area (Å²) >= 11 is 0. The maximum Gasteiger partial charge on any atom is 0.416 e. The van der Waals surface area contributed by atoms with Crippen LogP contribution in [0.4, 0.5) is 51.1 Å². The first-order valence-electron chi connectivity index (χ1n) is 17.4. The van der Waals surface area contributed by atoms with Crippen LogP contribution in [0.2, 0.25) is 0 Å². The van der Waals surface area contributed by atoms with Gasteiger partial charge in [0.25, 0.3) is 0 Å². The van der Waals surface area contributed by atoms with Crippen molar-refractivity contribution in [3.05, 3.63) is 76.6 Å². The van der Waals surface area contributed by atoms with E-state index in [-0.39, 0.29) is 73.2 Å². The Morgan fingerprint density at radius 2 is 1.52 bits per heavy atom. The number of carbonyl (C=O) groups is 1. The zero-order chi connectivity index (χ0) is 41.8. The molecule has 1 heterocycles. The van der Waals surface area contributed by atoms with Gasteiger partial charge in [-0.15, -0.1) is 0 Å². The van der Waals surface area contributed by atoms with Gasteiger partial charge in [0.1, 0.15) is 6.61 Å². The Morgan fingerprint density at radius 1 is 0.929 bits per heavy atom. The first kappa shape index (κ1) is 44.4. The van der Waals surface area contributed by atoms with Crippen LogP contribution >= 0.6 is 0 Å². The largest absolute Gasteiger partial charge is 0.489 e. The lowest BCUT2D eigenvalue weighted by molar-refractivity contribution is -0.143. The van der Waals surface area contributed by atoms with Crippen molar-refractivity contribution in [3.63, 3.8) is 0 Å². The molecule has 0 unspecified atom stereocenters. The van der Waals surface area contributed by atoms with E-state index in [2.05, 4.69) is 9.97 Å². The lowest BCUT2D eigenvalue weighted by atomic mass is 9.78. The van der Waals surface area contributed by atoms with Crippen LogP contribution in [0, 0.1) is 11.8 Å². The summed E-state index contributed by atoms with van der Waals surface area (Å²) in [7, 11) is -3.42. The maximum absolute atomic E-state index is 14.2. The number of aliphatic hydroxyl groups is 1. The van der Waals surface area contributed by atoms with E-state index < -0.39 is 81.2 Å². The monoisotopic (exact) mass is 828 g/mol. The molecule has 1 aliphatic rings. The molecule has 0 aliphatic heterocycles. The van der Waals surface area contributed by atoms with Crippen LogP contribution in [0.15, 0.2) is 48.8 Å². The molecule has 0 spiro atoms. The van der Waals surface area contributed by atoms with Crippen LogP contribution in [-0.4, -0.2) is 72.4 Å². The minimum absolute atomic E-state index is 0.0336. The predicted octanol–water partition coefficient (Wildman–Crippen LogP) is 7.80. The summed E-state index contributed by atoms with van der Waals surface area (Å²) in [5.74, 6) is -2.46. The summed E-state index contributed by atoms with van der Waals surface area (Å²) in [6.45, 7) is 2.57. The molecule has 20 heteroatoms. The van der Waals surface area contributed by atoms with Gasteiger partial charge in [-0.3, -0.25) is 4.79 Å². The molecule has 3 aromatic rings. The fraction of sp³-hybridized carbons (Fsp3) is 0.528. The number of aliphatic hydroxyl groups excluding tert-OH is 1. The molecule has 1 saturated carbocycles. The number of hydrogen-bond donors (Lipinski definition) is 2. The van der Waals surface area contributed by atoms with E-state index in [0.717, 1.165) is 35.7 Å². The molecule has 2 aromatic carbocycles. The van der Waals surface area contributed by atoms with Gasteiger partial charge < -0.3 is 24.7 Å². The quantitative estimate of drug-likeness (QED) is 0.146. The minimum Gasteiger partial charge on any atom is -0.489 e. The second-order valence-electron chi connectivity index (χ2n) is 13.8. The SMILES string of the molecule is CCN(C[C@@H]1CC[C@@H](CC(=O)O)[C@H](O)C1)c1ccc(C(F)(F)F)cc1CN(c1ncc(OCCS(C)(=O)=O)cn1)[C@@H](C)c1cc(C(F)(F)F)cc(C(F)(F)F)c1. The highest BCUT2D eigenvalue weighted by Gasteiger charge is 2.39. The number of carboxylic acid groups (broad SMARTS) is 1. The van der Waals surface area contributed by atoms with Crippen molar-refractivity contribution in [1.82, 2.24) is 9.97 Å². The Morgan fingerprint density at radius 3 is 2.02 bits per heavy atom. The number of hydrogen-bond acceptors (Lipinski definition) is 9. The molecule has 310 valence electrons. The summed E-state index contributed by atoms with van der Waals surface area (Å²) in [5, 5.41) is 19.9. The Bertz CT molecular complexity index is 1890. The van der Waals surface area contributed by atoms with E-state index in [1.54, 1.807) is 11.8 Å². The average molecular weight is 829 g/mol. The zero-order valence-corrected chi connectivity index (χ0v) is 31.2. The van der Waals surface area contributed by atoms with E-state index in [1.165, 1.54) is 13.0 Å². The molecule has 4 rings (SSSR count). The van der Waals surface area contributed by atoms with Crippen molar-refractivity contribution in [2.75, 3.05) is 41.5 Å². The third-order valence-electron chi connectivity index (χ3n) is 9.60. The molecule has 4 atom stereocenters. The molecule has 0 saturated heterocycles. The van der Waals surface area contributed by atoms with Crippen LogP contribution in [-0.2, 0) is 39.7 Å². The van der Waals surface area contributed by atoms with Gasteiger partial charge in [-0.05, 0) is 92.5 Å². The number of anilines is 2. The Balaban J connectivity index is 1.81. The second-order valence-corrected chi connectivity index (χ2v) is 16.1. The molecule has 0 radical (unpaired) electrons. The molecule has 10 nitrogen and oxygen atoms in total. The summed E-state index contributed by atoms with van der Waals surface area (Å²) in [5.41, 5.74) is -4.59. The zero-order valence-electron chi connectivity index (χ0n) is 30.4. The smallest absolute Gasteiger partial charge is 0.416 e. The van der Waals surface area contributed by atoms with Crippen molar-refractivity contribution in [2.45, 2.75) is 76.8 Å². The average Bonchev–Trinajstić information content (AvgIpc) is 3.08. The van der Waals surface area contributed by atoms with Gasteiger partial charge >= 0.3 is 24.5 Å². The molecule has 1 aromatic heterocycles. The molecule has 2 N–H and O–H groups in total. The van der Waals surface area contributed by atoms with Crippen molar-refractivity contribution in [1.29, 1.82) is 0 Å². The van der Waals surface area contributed by atoms with Gasteiger partial charge in [0.2, 0.25) is 5.95 Å². The highest BCUT2D eigenvalue weighted by Crippen LogP contribution is 2.41. The maximum atomic E-state index is 14.2. The number of aliphatic carboxylic acids is 1. The van der Waals surface area contributed by atoms with Gasteiger partial charge in [0.15, 0.2) is 15.6 Å². The van der Waals surface area contributed by atoms with Crippen molar-refractivity contribution in [3.8, 4) is 5.75 Å². The van der Waals surface area contributed by atoms with E-state index in [9.17, 15) is 62.9 Å². The van der Waals surface area contributed by atoms with Gasteiger partial charge in [-0.2, -0.15) is 39.5 Å². The Labute approximate surface area is 317 Å².